The monoisotopic (exact) mass is 224 g/mol. The van der Waals surface area contributed by atoms with Crippen molar-refractivity contribution >= 4 is 11.6 Å². The summed E-state index contributed by atoms with van der Waals surface area (Å²) in [6, 6.07) is 0. The zero-order chi connectivity index (χ0) is 11.8. The number of anilines is 2. The van der Waals surface area contributed by atoms with Crippen molar-refractivity contribution in [3.05, 3.63) is 11.9 Å². The molecule has 0 spiro atoms. The first kappa shape index (κ1) is 12.7. The molecule has 2 N–H and O–H groups in total. The van der Waals surface area contributed by atoms with Gasteiger partial charge in [0.15, 0.2) is 0 Å². The molecule has 0 amide bonds. The molecule has 1 aromatic rings. The normalized spacial score (nSPS) is 10.2. The van der Waals surface area contributed by atoms with Crippen molar-refractivity contribution in [2.45, 2.75) is 20.3 Å². The molecule has 0 aliphatic rings. The summed E-state index contributed by atoms with van der Waals surface area (Å²) in [6.07, 6.45) is 2.48. The van der Waals surface area contributed by atoms with Crippen LogP contribution < -0.4 is 10.6 Å². The summed E-state index contributed by atoms with van der Waals surface area (Å²) < 4.78 is 4.99. The van der Waals surface area contributed by atoms with Gasteiger partial charge in [-0.1, -0.05) is 6.92 Å². The van der Waals surface area contributed by atoms with E-state index in [4.69, 9.17) is 4.74 Å². The Bertz CT molecular complexity index is 317. The van der Waals surface area contributed by atoms with Gasteiger partial charge in [-0.2, -0.15) is 0 Å². The first-order valence-corrected chi connectivity index (χ1v) is 5.64. The second-order valence-corrected chi connectivity index (χ2v) is 3.35. The zero-order valence-corrected chi connectivity index (χ0v) is 10.2. The van der Waals surface area contributed by atoms with Crippen molar-refractivity contribution in [2.24, 2.45) is 0 Å². The minimum atomic E-state index is 0.670. The maximum Gasteiger partial charge on any atom is 0.134 e. The second-order valence-electron chi connectivity index (χ2n) is 3.35. The number of ether oxygens (including phenoxy) is 1. The third kappa shape index (κ3) is 3.34. The van der Waals surface area contributed by atoms with E-state index >= 15 is 0 Å². The Kier molecular flexibility index (Phi) is 5.56. The molecule has 1 aromatic heterocycles. The lowest BCUT2D eigenvalue weighted by Gasteiger charge is -2.13. The van der Waals surface area contributed by atoms with Crippen LogP contribution in [0, 0.1) is 0 Å². The lowest BCUT2D eigenvalue weighted by Crippen LogP contribution is -2.13. The fraction of sp³-hybridized carbons (Fsp3) is 0.636. The third-order valence-electron chi connectivity index (χ3n) is 2.24. The van der Waals surface area contributed by atoms with Crippen LogP contribution in [0.3, 0.4) is 0 Å². The number of nitrogens with one attached hydrogen (secondary N) is 2. The van der Waals surface area contributed by atoms with Crippen LogP contribution in [0.15, 0.2) is 6.33 Å². The van der Waals surface area contributed by atoms with E-state index in [1.54, 1.807) is 13.4 Å². The smallest absolute Gasteiger partial charge is 0.134 e. The van der Waals surface area contributed by atoms with Gasteiger partial charge in [0.1, 0.15) is 18.0 Å². The van der Waals surface area contributed by atoms with Gasteiger partial charge >= 0.3 is 0 Å². The predicted octanol–water partition coefficient (Wildman–Crippen LogP) is 1.53. The van der Waals surface area contributed by atoms with Crippen molar-refractivity contribution in [3.63, 3.8) is 0 Å². The number of hydrogen-bond acceptors (Lipinski definition) is 5. The maximum atomic E-state index is 4.99. The Morgan fingerprint density at radius 3 is 2.44 bits per heavy atom. The van der Waals surface area contributed by atoms with E-state index in [-0.39, 0.29) is 0 Å². The summed E-state index contributed by atoms with van der Waals surface area (Å²) in [7, 11) is 1.69. The van der Waals surface area contributed by atoms with Gasteiger partial charge in [0.05, 0.1) is 6.61 Å². The summed E-state index contributed by atoms with van der Waals surface area (Å²) in [4.78, 5) is 8.48. The first-order valence-electron chi connectivity index (χ1n) is 5.64. The Morgan fingerprint density at radius 1 is 1.19 bits per heavy atom. The average molecular weight is 224 g/mol. The van der Waals surface area contributed by atoms with E-state index < -0.39 is 0 Å². The molecule has 1 heterocycles. The molecule has 0 radical (unpaired) electrons. The Hall–Kier alpha value is -1.36. The molecule has 0 aromatic carbocycles. The largest absolute Gasteiger partial charge is 0.383 e. The highest BCUT2D eigenvalue weighted by Crippen LogP contribution is 2.19. The van der Waals surface area contributed by atoms with Crippen LogP contribution in [0.4, 0.5) is 11.6 Å². The molecule has 0 saturated heterocycles. The molecular formula is C11H20N4O. The van der Waals surface area contributed by atoms with E-state index in [1.165, 1.54) is 0 Å². The lowest BCUT2D eigenvalue weighted by atomic mass is 10.2. The molecule has 0 unspecified atom stereocenters. The fourth-order valence-electron chi connectivity index (χ4n) is 1.49. The van der Waals surface area contributed by atoms with Gasteiger partial charge in [-0.05, 0) is 13.3 Å². The molecule has 0 bridgehead atoms. The topological polar surface area (TPSA) is 59.1 Å². The minimum absolute atomic E-state index is 0.670. The SMILES string of the molecule is CCNc1ncnc(NCCOC)c1CC. The summed E-state index contributed by atoms with van der Waals surface area (Å²) >= 11 is 0. The summed E-state index contributed by atoms with van der Waals surface area (Å²) in [6.45, 7) is 6.44. The van der Waals surface area contributed by atoms with Gasteiger partial charge in [-0.25, -0.2) is 9.97 Å². The van der Waals surface area contributed by atoms with E-state index in [9.17, 15) is 0 Å². The Balaban J connectivity index is 2.77. The van der Waals surface area contributed by atoms with E-state index in [1.807, 2.05) is 0 Å². The molecule has 0 aliphatic heterocycles. The quantitative estimate of drug-likeness (QED) is 0.688. The van der Waals surface area contributed by atoms with E-state index in [0.717, 1.165) is 36.7 Å². The predicted molar refractivity (Wildman–Crippen MR) is 65.9 cm³/mol. The van der Waals surface area contributed by atoms with Crippen LogP contribution in [0.2, 0.25) is 0 Å². The fourth-order valence-corrected chi connectivity index (χ4v) is 1.49. The summed E-state index contributed by atoms with van der Waals surface area (Å²) in [5.74, 6) is 1.81. The molecule has 5 nitrogen and oxygen atoms in total. The van der Waals surface area contributed by atoms with Gasteiger partial charge in [-0.3, -0.25) is 0 Å². The van der Waals surface area contributed by atoms with Crippen molar-refractivity contribution in [2.75, 3.05) is 37.4 Å². The number of nitrogens with zero attached hydrogens (tertiary/aromatic N) is 2. The summed E-state index contributed by atoms with van der Waals surface area (Å²) in [5, 5.41) is 6.48. The van der Waals surface area contributed by atoms with Crippen LogP contribution in [0.5, 0.6) is 0 Å². The maximum absolute atomic E-state index is 4.99. The van der Waals surface area contributed by atoms with Crippen molar-refractivity contribution < 1.29 is 4.74 Å². The van der Waals surface area contributed by atoms with E-state index in [0.29, 0.717) is 6.61 Å². The van der Waals surface area contributed by atoms with E-state index in [2.05, 4.69) is 34.4 Å². The average Bonchev–Trinajstić information content (AvgIpc) is 2.30. The van der Waals surface area contributed by atoms with Crippen LogP contribution >= 0.6 is 0 Å². The highest BCUT2D eigenvalue weighted by molar-refractivity contribution is 5.57. The van der Waals surface area contributed by atoms with Crippen LogP contribution in [0.25, 0.3) is 0 Å². The number of aromatic nitrogens is 2. The third-order valence-corrected chi connectivity index (χ3v) is 2.24. The van der Waals surface area contributed by atoms with Gasteiger partial charge in [-0.15, -0.1) is 0 Å². The number of methoxy groups -OCH3 is 1. The molecular weight excluding hydrogens is 204 g/mol. The van der Waals surface area contributed by atoms with Crippen molar-refractivity contribution in [1.82, 2.24) is 9.97 Å². The van der Waals surface area contributed by atoms with Crippen molar-refractivity contribution in [3.8, 4) is 0 Å². The summed E-state index contributed by atoms with van der Waals surface area (Å²) in [5.41, 5.74) is 1.13. The highest BCUT2D eigenvalue weighted by Gasteiger charge is 2.08. The zero-order valence-electron chi connectivity index (χ0n) is 10.2. The molecule has 0 fully saturated rings. The standard InChI is InChI=1S/C11H20N4O/c1-4-9-10(12-5-2)14-8-15-11(9)13-6-7-16-3/h8H,4-7H2,1-3H3,(H2,12,13,14,15). The van der Waals surface area contributed by atoms with Crippen LogP contribution in [0.1, 0.15) is 19.4 Å². The Labute approximate surface area is 96.6 Å². The minimum Gasteiger partial charge on any atom is -0.383 e. The molecule has 0 saturated carbocycles. The molecule has 0 atom stereocenters. The highest BCUT2D eigenvalue weighted by atomic mass is 16.5. The molecule has 1 rings (SSSR count). The van der Waals surface area contributed by atoms with Crippen LogP contribution in [-0.2, 0) is 11.2 Å². The lowest BCUT2D eigenvalue weighted by molar-refractivity contribution is 0.210. The first-order chi connectivity index (χ1) is 7.83. The Morgan fingerprint density at radius 2 is 1.88 bits per heavy atom. The van der Waals surface area contributed by atoms with Gasteiger partial charge in [0.25, 0.3) is 0 Å². The van der Waals surface area contributed by atoms with Gasteiger partial charge < -0.3 is 15.4 Å². The van der Waals surface area contributed by atoms with Gasteiger partial charge in [0, 0.05) is 25.8 Å². The number of hydrogen-bond donors (Lipinski definition) is 2. The molecule has 0 aliphatic carbocycles. The number of rotatable bonds is 7. The molecule has 90 valence electrons. The molecule has 5 heteroatoms. The second kappa shape index (κ2) is 7.00. The molecule has 16 heavy (non-hydrogen) atoms. The van der Waals surface area contributed by atoms with Crippen LogP contribution in [-0.4, -0.2) is 36.8 Å². The van der Waals surface area contributed by atoms with Crippen molar-refractivity contribution in [1.29, 1.82) is 0 Å². The van der Waals surface area contributed by atoms with Gasteiger partial charge in [0.2, 0.25) is 0 Å².